The van der Waals surface area contributed by atoms with E-state index in [-0.39, 0.29) is 35.5 Å². The maximum absolute atomic E-state index is 15.3. The number of fused-ring (bicyclic) bond motifs is 2. The predicted molar refractivity (Wildman–Crippen MR) is 157 cm³/mol. The molecule has 0 N–H and O–H groups in total. The Hall–Kier alpha value is -3.33. The molecular weight excluding hydrogens is 573 g/mol. The van der Waals surface area contributed by atoms with Gasteiger partial charge in [-0.25, -0.2) is 17.6 Å². The Balaban J connectivity index is 1.25. The molecule has 0 aromatic heterocycles. The number of piperidine rings is 1. The van der Waals surface area contributed by atoms with Crippen molar-refractivity contribution >= 4 is 21.9 Å². The van der Waals surface area contributed by atoms with Gasteiger partial charge < -0.3 is 9.47 Å². The Kier molecular flexibility index (Phi) is 8.93. The zero-order valence-corrected chi connectivity index (χ0v) is 25.6. The number of carbonyl (C=O) groups is 2. The molecule has 1 amide bonds. The van der Waals surface area contributed by atoms with Crippen LogP contribution in [0.1, 0.15) is 52.0 Å². The molecule has 0 radical (unpaired) electrons. The van der Waals surface area contributed by atoms with Crippen LogP contribution in [0.3, 0.4) is 0 Å². The lowest BCUT2D eigenvalue weighted by atomic mass is 9.87. The molecule has 11 heteroatoms. The van der Waals surface area contributed by atoms with Gasteiger partial charge in [-0.3, -0.25) is 9.69 Å². The van der Waals surface area contributed by atoms with Crippen molar-refractivity contribution in [3.63, 3.8) is 0 Å². The minimum Gasteiger partial charge on any atom is -0.444 e. The van der Waals surface area contributed by atoms with Gasteiger partial charge in [-0.1, -0.05) is 24.3 Å². The topological polar surface area (TPSA) is 117 Å². The monoisotopic (exact) mass is 611 g/mol. The van der Waals surface area contributed by atoms with Crippen molar-refractivity contribution in [3.05, 3.63) is 53.8 Å². The quantitative estimate of drug-likeness (QED) is 0.415. The van der Waals surface area contributed by atoms with Gasteiger partial charge >= 0.3 is 6.09 Å². The van der Waals surface area contributed by atoms with Gasteiger partial charge in [-0.15, -0.1) is 0 Å². The van der Waals surface area contributed by atoms with Gasteiger partial charge in [0.15, 0.2) is 5.78 Å². The molecule has 2 saturated heterocycles. The van der Waals surface area contributed by atoms with Crippen molar-refractivity contribution in [1.82, 2.24) is 9.21 Å². The van der Waals surface area contributed by atoms with Crippen molar-refractivity contribution in [2.45, 2.75) is 75.5 Å². The molecule has 0 unspecified atom stereocenters. The number of sulfonamides is 1. The lowest BCUT2D eigenvalue weighted by molar-refractivity contribution is -0.126. The molecule has 1 saturated carbocycles. The molecule has 9 nitrogen and oxygen atoms in total. The fraction of sp³-hybridized carbons (Fsp3) is 0.531. The zero-order chi connectivity index (χ0) is 30.9. The number of halogens is 1. The normalized spacial score (nSPS) is 23.1. The molecule has 2 bridgehead atoms. The molecule has 2 aromatic carbocycles. The lowest BCUT2D eigenvalue weighted by Crippen LogP contribution is -2.51. The maximum Gasteiger partial charge on any atom is 0.411 e. The smallest absolute Gasteiger partial charge is 0.411 e. The molecule has 43 heavy (non-hydrogen) atoms. The van der Waals surface area contributed by atoms with Crippen LogP contribution in [0.4, 0.5) is 9.18 Å². The van der Waals surface area contributed by atoms with Crippen LogP contribution in [0, 0.1) is 29.0 Å². The summed E-state index contributed by atoms with van der Waals surface area (Å²) in [5.41, 5.74) is 0.841. The van der Waals surface area contributed by atoms with Gasteiger partial charge in [0, 0.05) is 25.6 Å². The van der Waals surface area contributed by atoms with E-state index in [1.54, 1.807) is 49.9 Å². The lowest BCUT2D eigenvalue weighted by Gasteiger charge is -2.35. The molecule has 2 aromatic rings. The Morgan fingerprint density at radius 1 is 1.09 bits per heavy atom. The number of ether oxygens (including phenoxy) is 2. The second-order valence-electron chi connectivity index (χ2n) is 12.6. The van der Waals surface area contributed by atoms with Crippen LogP contribution < -0.4 is 0 Å². The first kappa shape index (κ1) is 31.1. The number of amides is 1. The van der Waals surface area contributed by atoms with E-state index in [0.717, 1.165) is 19.3 Å². The number of hydrogen-bond acceptors (Lipinski definition) is 7. The summed E-state index contributed by atoms with van der Waals surface area (Å²) in [5, 5.41) is 9.86. The third-order valence-electron chi connectivity index (χ3n) is 8.46. The van der Waals surface area contributed by atoms with Crippen LogP contribution in [0.25, 0.3) is 11.1 Å². The average molecular weight is 612 g/mol. The number of Topliss-reactive ketones (excluding diaryl/α,β-unsaturated/α-hetero) is 1. The Morgan fingerprint density at radius 3 is 2.40 bits per heavy atom. The fourth-order valence-electron chi connectivity index (χ4n) is 6.42. The summed E-state index contributed by atoms with van der Waals surface area (Å²) in [7, 11) is -3.64. The van der Waals surface area contributed by atoms with E-state index >= 15 is 4.39 Å². The molecule has 0 spiro atoms. The highest BCUT2D eigenvalue weighted by molar-refractivity contribution is 7.89. The molecule has 3 aliphatic rings. The summed E-state index contributed by atoms with van der Waals surface area (Å²) >= 11 is 0. The Morgan fingerprint density at radius 2 is 1.77 bits per heavy atom. The molecule has 2 heterocycles. The molecular formula is C32H38FN3O6S. The van der Waals surface area contributed by atoms with E-state index in [0.29, 0.717) is 43.0 Å². The van der Waals surface area contributed by atoms with E-state index in [1.165, 1.54) is 22.5 Å². The number of morpholine rings is 1. The number of benzene rings is 2. The highest BCUT2D eigenvalue weighted by atomic mass is 32.2. The van der Waals surface area contributed by atoms with E-state index in [2.05, 4.69) is 6.07 Å². The van der Waals surface area contributed by atoms with E-state index in [9.17, 15) is 23.3 Å². The Bertz CT molecular complexity index is 1510. The number of likely N-dealkylation sites (tertiary alicyclic amines) is 1. The summed E-state index contributed by atoms with van der Waals surface area (Å²) in [6, 6.07) is 12.5. The van der Waals surface area contributed by atoms with Crippen LogP contribution in [-0.4, -0.2) is 73.5 Å². The summed E-state index contributed by atoms with van der Waals surface area (Å²) in [4.78, 5) is 28.1. The van der Waals surface area contributed by atoms with Crippen LogP contribution >= 0.6 is 0 Å². The summed E-state index contributed by atoms with van der Waals surface area (Å²) in [5.74, 6) is -1.40. The summed E-state index contributed by atoms with van der Waals surface area (Å²) < 4.78 is 53.3. The first-order chi connectivity index (χ1) is 20.4. The third kappa shape index (κ3) is 6.77. The molecule has 3 fully saturated rings. The number of nitrogens with zero attached hydrogens (tertiary/aromatic N) is 3. The van der Waals surface area contributed by atoms with Crippen molar-refractivity contribution in [3.8, 4) is 17.2 Å². The molecule has 1 aliphatic carbocycles. The predicted octanol–water partition coefficient (Wildman–Crippen LogP) is 4.94. The fourth-order valence-corrected chi connectivity index (χ4v) is 7.83. The molecule has 5 rings (SSSR count). The SMILES string of the molecule is CC(C)(C)OC(=O)N1[C@@H]2CC[C@@H](C2)[C@H]1C(=O)C[C@H](C#N)Cc1ccc(-c2ccc(S(=O)(=O)N3CCOCC3)cc2)cc1F. The molecule has 4 atom stereocenters. The van der Waals surface area contributed by atoms with Crippen molar-refractivity contribution in [2.24, 2.45) is 11.8 Å². The van der Waals surface area contributed by atoms with Crippen LogP contribution in [0.2, 0.25) is 0 Å². The van der Waals surface area contributed by atoms with Crippen molar-refractivity contribution in [2.75, 3.05) is 26.3 Å². The third-order valence-corrected chi connectivity index (χ3v) is 10.4. The molecule has 230 valence electrons. The van der Waals surface area contributed by atoms with E-state index in [4.69, 9.17) is 9.47 Å². The second kappa shape index (κ2) is 12.3. The standard InChI is InChI=1S/C32H38FN3O6S/c1-32(2,3)42-31(38)36-26-9-6-25(18-26)30(36)29(37)17-21(20-34)16-24-5-4-23(19-28(24)33)22-7-10-27(11-8-22)43(39,40)35-12-14-41-15-13-35/h4-5,7-8,10-11,19,21,25-26,30H,6,9,12-18H2,1-3H3/t21-,25+,26-,30+/m1/s1. The van der Waals surface area contributed by atoms with Gasteiger partial charge in [0.1, 0.15) is 11.4 Å². The first-order valence-corrected chi connectivity index (χ1v) is 16.2. The highest BCUT2D eigenvalue weighted by Gasteiger charge is 2.52. The summed E-state index contributed by atoms with van der Waals surface area (Å²) in [6.45, 7) is 6.67. The maximum atomic E-state index is 15.3. The van der Waals surface area contributed by atoms with Crippen LogP contribution in [0.15, 0.2) is 47.4 Å². The van der Waals surface area contributed by atoms with Gasteiger partial charge in [0.2, 0.25) is 10.0 Å². The van der Waals surface area contributed by atoms with Gasteiger partial charge in [0.25, 0.3) is 0 Å². The van der Waals surface area contributed by atoms with Gasteiger partial charge in [-0.05, 0) is 87.3 Å². The average Bonchev–Trinajstić information content (AvgIpc) is 3.60. The zero-order valence-electron chi connectivity index (χ0n) is 24.8. The highest BCUT2D eigenvalue weighted by Crippen LogP contribution is 2.44. The van der Waals surface area contributed by atoms with Crippen molar-refractivity contribution in [1.29, 1.82) is 5.26 Å². The van der Waals surface area contributed by atoms with Gasteiger partial charge in [0.05, 0.1) is 36.1 Å². The minimum absolute atomic E-state index is 0.0344. The molecule has 2 aliphatic heterocycles. The summed E-state index contributed by atoms with van der Waals surface area (Å²) in [6.07, 6.45) is 1.92. The van der Waals surface area contributed by atoms with E-state index in [1.807, 2.05) is 0 Å². The number of rotatable bonds is 8. The number of nitriles is 1. The second-order valence-corrected chi connectivity index (χ2v) is 14.5. The van der Waals surface area contributed by atoms with Gasteiger partial charge in [-0.2, -0.15) is 9.57 Å². The Labute approximate surface area is 252 Å². The first-order valence-electron chi connectivity index (χ1n) is 14.8. The van der Waals surface area contributed by atoms with Crippen LogP contribution in [0.5, 0.6) is 0 Å². The minimum atomic E-state index is -3.64. The largest absolute Gasteiger partial charge is 0.444 e. The van der Waals surface area contributed by atoms with Crippen LogP contribution in [-0.2, 0) is 30.7 Å². The number of hydrogen-bond donors (Lipinski definition) is 0. The number of ketones is 1. The number of carbonyl (C=O) groups excluding carboxylic acids is 2. The van der Waals surface area contributed by atoms with Crippen molar-refractivity contribution < 1.29 is 31.9 Å². The van der Waals surface area contributed by atoms with E-state index < -0.39 is 39.5 Å².